The van der Waals surface area contributed by atoms with Gasteiger partial charge in [0, 0.05) is 22.3 Å². The van der Waals surface area contributed by atoms with Crippen molar-refractivity contribution in [2.75, 3.05) is 40.9 Å². The van der Waals surface area contributed by atoms with E-state index in [1.807, 2.05) is 0 Å². The zero-order chi connectivity index (χ0) is 32.3. The van der Waals surface area contributed by atoms with Crippen LogP contribution in [0, 0.1) is 0 Å². The lowest BCUT2D eigenvalue weighted by molar-refractivity contribution is 0.0589. The van der Waals surface area contributed by atoms with E-state index in [2.05, 4.69) is 5.32 Å². The zero-order valence-electron chi connectivity index (χ0n) is 25.7. The number of carbonyl (C=O) groups excluding carboxylic acids is 2. The fourth-order valence-electron chi connectivity index (χ4n) is 4.75. The zero-order valence-corrected chi connectivity index (χ0v) is 25.7. The highest BCUT2D eigenvalue weighted by Crippen LogP contribution is 2.45. The SMILES string of the molecule is COC(=O)c1c(-c2cc(OC)c(OC)c(OC)c2)c2cc(OC)c(O)cc2c(=O)n1-c1ccc(NC(=O)OC(C)(C)C)cc1. The van der Waals surface area contributed by atoms with Crippen molar-refractivity contribution in [2.24, 2.45) is 0 Å². The quantitative estimate of drug-likeness (QED) is 0.246. The number of nitrogens with one attached hydrogen (secondary N) is 1. The summed E-state index contributed by atoms with van der Waals surface area (Å²) in [5.41, 5.74) is -0.105. The van der Waals surface area contributed by atoms with E-state index >= 15 is 0 Å². The van der Waals surface area contributed by atoms with Gasteiger partial charge in [-0.15, -0.1) is 0 Å². The van der Waals surface area contributed by atoms with Crippen molar-refractivity contribution in [1.29, 1.82) is 0 Å². The first-order valence-corrected chi connectivity index (χ1v) is 13.4. The normalized spacial score (nSPS) is 11.1. The van der Waals surface area contributed by atoms with Crippen molar-refractivity contribution in [3.05, 3.63) is 64.6 Å². The number of aromatic hydroxyl groups is 1. The highest BCUT2D eigenvalue weighted by Gasteiger charge is 2.28. The molecule has 4 aromatic rings. The molecule has 0 saturated carbocycles. The van der Waals surface area contributed by atoms with E-state index in [1.165, 1.54) is 52.2 Å². The molecule has 12 nitrogen and oxygen atoms in total. The number of hydrogen-bond donors (Lipinski definition) is 2. The average molecular weight is 607 g/mol. The van der Waals surface area contributed by atoms with Crippen LogP contribution in [-0.2, 0) is 9.47 Å². The fraction of sp³-hybridized carbons (Fsp3) is 0.281. The van der Waals surface area contributed by atoms with Crippen LogP contribution in [0.4, 0.5) is 10.5 Å². The third kappa shape index (κ3) is 6.05. The van der Waals surface area contributed by atoms with Gasteiger partial charge < -0.3 is 33.5 Å². The summed E-state index contributed by atoms with van der Waals surface area (Å²) in [5, 5.41) is 13.6. The maximum Gasteiger partial charge on any atom is 0.412 e. The highest BCUT2D eigenvalue weighted by molar-refractivity contribution is 6.08. The number of nitrogens with zero attached hydrogens (tertiary/aromatic N) is 1. The van der Waals surface area contributed by atoms with E-state index in [9.17, 15) is 19.5 Å². The number of fused-ring (bicyclic) bond motifs is 1. The van der Waals surface area contributed by atoms with E-state index in [1.54, 1.807) is 57.2 Å². The number of phenols is 1. The molecule has 1 heterocycles. The minimum Gasteiger partial charge on any atom is -0.504 e. The molecule has 0 unspecified atom stereocenters. The van der Waals surface area contributed by atoms with Gasteiger partial charge in [-0.1, -0.05) is 0 Å². The van der Waals surface area contributed by atoms with Gasteiger partial charge >= 0.3 is 12.1 Å². The summed E-state index contributed by atoms with van der Waals surface area (Å²) in [7, 11) is 6.94. The van der Waals surface area contributed by atoms with Crippen LogP contribution >= 0.6 is 0 Å². The predicted molar refractivity (Wildman–Crippen MR) is 164 cm³/mol. The number of methoxy groups -OCH3 is 5. The molecule has 0 atom stereocenters. The molecular weight excluding hydrogens is 572 g/mol. The standard InChI is InChI=1S/C32H34N2O10/c1-32(2,3)44-31(38)33-18-9-11-19(12-10-18)34-27(30(37)43-8)26(17-13-24(40-5)28(42-7)25(14-17)41-6)20-16-23(39-4)22(35)15-21(20)29(34)36/h9-16,35H,1-8H3,(H,33,38). The van der Waals surface area contributed by atoms with Crippen LogP contribution in [0.15, 0.2) is 53.3 Å². The molecule has 0 bridgehead atoms. The Morgan fingerprint density at radius 3 is 1.89 bits per heavy atom. The molecule has 0 fully saturated rings. The Hall–Kier alpha value is -5.39. The van der Waals surface area contributed by atoms with Gasteiger partial charge in [0.2, 0.25) is 5.75 Å². The molecule has 44 heavy (non-hydrogen) atoms. The average Bonchev–Trinajstić information content (AvgIpc) is 2.99. The number of aromatic nitrogens is 1. The van der Waals surface area contributed by atoms with Gasteiger partial charge in [-0.2, -0.15) is 0 Å². The van der Waals surface area contributed by atoms with Crippen LogP contribution in [0.3, 0.4) is 0 Å². The molecule has 4 rings (SSSR count). The number of anilines is 1. The number of pyridine rings is 1. The van der Waals surface area contributed by atoms with E-state index < -0.39 is 23.2 Å². The van der Waals surface area contributed by atoms with Crippen molar-refractivity contribution < 1.29 is 43.1 Å². The summed E-state index contributed by atoms with van der Waals surface area (Å²) in [6.07, 6.45) is -0.655. The topological polar surface area (TPSA) is 144 Å². The van der Waals surface area contributed by atoms with E-state index in [-0.39, 0.29) is 33.8 Å². The van der Waals surface area contributed by atoms with Crippen LogP contribution in [0.25, 0.3) is 27.6 Å². The third-order valence-corrected chi connectivity index (χ3v) is 6.59. The summed E-state index contributed by atoms with van der Waals surface area (Å²) in [6.45, 7) is 5.24. The van der Waals surface area contributed by atoms with Gasteiger partial charge in [0.25, 0.3) is 5.56 Å². The first-order chi connectivity index (χ1) is 20.9. The fourth-order valence-corrected chi connectivity index (χ4v) is 4.75. The lowest BCUT2D eigenvalue weighted by atomic mass is 9.95. The second kappa shape index (κ2) is 12.5. The van der Waals surface area contributed by atoms with Gasteiger partial charge in [-0.3, -0.25) is 14.7 Å². The Bertz CT molecular complexity index is 1760. The Morgan fingerprint density at radius 2 is 1.39 bits per heavy atom. The highest BCUT2D eigenvalue weighted by atomic mass is 16.6. The first-order valence-electron chi connectivity index (χ1n) is 13.4. The van der Waals surface area contributed by atoms with E-state index in [4.69, 9.17) is 28.4 Å². The first kappa shape index (κ1) is 31.5. The molecule has 0 spiro atoms. The van der Waals surface area contributed by atoms with E-state index in [0.29, 0.717) is 33.9 Å². The van der Waals surface area contributed by atoms with Crippen molar-refractivity contribution in [3.63, 3.8) is 0 Å². The third-order valence-electron chi connectivity index (χ3n) is 6.59. The molecule has 0 radical (unpaired) electrons. The molecule has 12 heteroatoms. The minimum atomic E-state index is -0.823. The predicted octanol–water partition coefficient (Wildman–Crippen LogP) is 5.53. The molecule has 0 aliphatic rings. The van der Waals surface area contributed by atoms with Crippen LogP contribution in [-0.4, -0.2) is 62.9 Å². The number of esters is 1. The van der Waals surface area contributed by atoms with E-state index in [0.717, 1.165) is 0 Å². The number of phenolic OH excluding ortho intramolecular Hbond substituents is 1. The lowest BCUT2D eigenvalue weighted by Crippen LogP contribution is -2.27. The number of amides is 1. The van der Waals surface area contributed by atoms with Crippen molar-refractivity contribution in [2.45, 2.75) is 26.4 Å². The van der Waals surface area contributed by atoms with Crippen molar-refractivity contribution in [3.8, 4) is 45.6 Å². The molecule has 0 aliphatic heterocycles. The van der Waals surface area contributed by atoms with Gasteiger partial charge in [0.05, 0.1) is 40.9 Å². The molecular formula is C32H34N2O10. The molecule has 0 saturated heterocycles. The van der Waals surface area contributed by atoms with Crippen LogP contribution in [0.2, 0.25) is 0 Å². The maximum absolute atomic E-state index is 14.1. The number of rotatable bonds is 8. The Labute approximate surface area is 253 Å². The Kier molecular flexibility index (Phi) is 8.93. The molecule has 1 aromatic heterocycles. The van der Waals surface area contributed by atoms with Crippen molar-refractivity contribution >= 4 is 28.5 Å². The van der Waals surface area contributed by atoms with Gasteiger partial charge in [-0.05, 0) is 74.9 Å². The minimum absolute atomic E-state index is 0.0793. The number of ether oxygens (including phenoxy) is 6. The molecule has 0 aliphatic carbocycles. The molecule has 232 valence electrons. The van der Waals surface area contributed by atoms with Gasteiger partial charge in [0.1, 0.15) is 11.3 Å². The van der Waals surface area contributed by atoms with Gasteiger partial charge in [-0.25, -0.2) is 9.59 Å². The molecule has 1 amide bonds. The second-order valence-electron chi connectivity index (χ2n) is 10.5. The Balaban J connectivity index is 2.08. The lowest BCUT2D eigenvalue weighted by Gasteiger charge is -2.21. The number of benzene rings is 3. The van der Waals surface area contributed by atoms with Crippen LogP contribution in [0.1, 0.15) is 31.3 Å². The summed E-state index contributed by atoms with van der Waals surface area (Å²) < 4.78 is 33.6. The molecule has 2 N–H and O–H groups in total. The second-order valence-corrected chi connectivity index (χ2v) is 10.5. The number of hydrogen-bond acceptors (Lipinski definition) is 10. The van der Waals surface area contributed by atoms with Crippen molar-refractivity contribution in [1.82, 2.24) is 4.57 Å². The largest absolute Gasteiger partial charge is 0.504 e. The monoisotopic (exact) mass is 606 g/mol. The molecule has 3 aromatic carbocycles. The van der Waals surface area contributed by atoms with Crippen LogP contribution in [0.5, 0.6) is 28.7 Å². The summed E-state index contributed by atoms with van der Waals surface area (Å²) in [4.78, 5) is 40.0. The number of carbonyl (C=O) groups is 2. The summed E-state index contributed by atoms with van der Waals surface area (Å²) in [5.74, 6) is -0.104. The summed E-state index contributed by atoms with van der Waals surface area (Å²) in [6, 6.07) is 12.2. The van der Waals surface area contributed by atoms with Crippen LogP contribution < -0.4 is 29.8 Å². The Morgan fingerprint density at radius 1 is 0.795 bits per heavy atom. The smallest absolute Gasteiger partial charge is 0.412 e. The maximum atomic E-state index is 14.1. The van der Waals surface area contributed by atoms with Gasteiger partial charge in [0.15, 0.2) is 23.0 Å². The summed E-state index contributed by atoms with van der Waals surface area (Å²) >= 11 is 0.